The summed E-state index contributed by atoms with van der Waals surface area (Å²) < 4.78 is 2.24. The summed E-state index contributed by atoms with van der Waals surface area (Å²) in [5.41, 5.74) is 2.21. The van der Waals surface area contributed by atoms with Gasteiger partial charge in [-0.1, -0.05) is 18.2 Å². The third-order valence-corrected chi connectivity index (χ3v) is 5.41. The Morgan fingerprint density at radius 1 is 1.33 bits per heavy atom. The molecule has 3 atom stereocenters. The molecule has 2 aromatic rings. The zero-order valence-electron chi connectivity index (χ0n) is 14.4. The van der Waals surface area contributed by atoms with Gasteiger partial charge >= 0.3 is 0 Å². The minimum atomic E-state index is 0.253. The van der Waals surface area contributed by atoms with Crippen molar-refractivity contribution in [2.45, 2.75) is 13.1 Å². The van der Waals surface area contributed by atoms with Gasteiger partial charge in [0.05, 0.1) is 17.6 Å². The van der Waals surface area contributed by atoms with E-state index in [2.05, 4.69) is 34.2 Å². The summed E-state index contributed by atoms with van der Waals surface area (Å²) in [6, 6.07) is 8.25. The fourth-order valence-electron chi connectivity index (χ4n) is 4.19. The highest BCUT2D eigenvalue weighted by atomic mass is 16.2. The number of allylic oxidation sites excluding steroid dienone is 1. The highest BCUT2D eigenvalue weighted by molar-refractivity contribution is 5.82. The lowest BCUT2D eigenvalue weighted by atomic mass is 10.2. The first-order chi connectivity index (χ1) is 11.6. The predicted molar refractivity (Wildman–Crippen MR) is 94.4 cm³/mol. The van der Waals surface area contributed by atoms with Crippen LogP contribution < -0.4 is 0 Å². The molecule has 1 saturated carbocycles. The first-order valence-electron chi connectivity index (χ1n) is 8.58. The van der Waals surface area contributed by atoms with Crippen LogP contribution in [0.3, 0.4) is 0 Å². The van der Waals surface area contributed by atoms with Crippen LogP contribution in [0.25, 0.3) is 11.0 Å². The van der Waals surface area contributed by atoms with Crippen molar-refractivity contribution in [3.8, 4) is 0 Å². The Morgan fingerprint density at radius 2 is 2.04 bits per heavy atom. The monoisotopic (exact) mass is 324 g/mol. The van der Waals surface area contributed by atoms with E-state index in [1.165, 1.54) is 0 Å². The van der Waals surface area contributed by atoms with E-state index >= 15 is 0 Å². The summed E-state index contributed by atoms with van der Waals surface area (Å²) in [6.07, 6.45) is 1.92. The van der Waals surface area contributed by atoms with Crippen LogP contribution in [0.5, 0.6) is 0 Å². The molecule has 1 unspecified atom stereocenters. The van der Waals surface area contributed by atoms with Crippen LogP contribution in [0.15, 0.2) is 36.9 Å². The van der Waals surface area contributed by atoms with Gasteiger partial charge in [0, 0.05) is 39.6 Å². The summed E-state index contributed by atoms with van der Waals surface area (Å²) in [5.74, 6) is 2.72. The molecule has 24 heavy (non-hydrogen) atoms. The Bertz CT molecular complexity index is 782. The van der Waals surface area contributed by atoms with Crippen molar-refractivity contribution in [3.05, 3.63) is 42.7 Å². The second kappa shape index (κ2) is 5.74. The Balaban J connectivity index is 1.48. The minimum absolute atomic E-state index is 0.253. The fourth-order valence-corrected chi connectivity index (χ4v) is 4.19. The maximum Gasteiger partial charge on any atom is 0.225 e. The van der Waals surface area contributed by atoms with E-state index in [0.717, 1.165) is 43.0 Å². The Labute approximate surface area is 142 Å². The molecule has 0 radical (unpaired) electrons. The standard InChI is InChI=1S/C19H24N4O/c1-4-9-23-16-8-6-5-7-15(16)20-17(23)12-22-10-13-14(11-22)18(13)19(24)21(2)3/h4-8,13-14,18H,1,9-12H2,2-3H3/t13-,14+,18?. The number of para-hydroxylation sites is 2. The van der Waals surface area contributed by atoms with Crippen molar-refractivity contribution in [1.82, 2.24) is 19.4 Å². The number of rotatable bonds is 5. The predicted octanol–water partition coefficient (Wildman–Crippen LogP) is 1.99. The molecule has 2 fully saturated rings. The average Bonchev–Trinajstić information content (AvgIpc) is 2.91. The number of hydrogen-bond donors (Lipinski definition) is 0. The number of carbonyl (C=O) groups excluding carboxylic acids is 1. The number of fused-ring (bicyclic) bond motifs is 2. The van der Waals surface area contributed by atoms with Crippen LogP contribution in [-0.2, 0) is 17.9 Å². The van der Waals surface area contributed by atoms with Gasteiger partial charge in [0.15, 0.2) is 0 Å². The van der Waals surface area contributed by atoms with Gasteiger partial charge in [-0.3, -0.25) is 9.69 Å². The third kappa shape index (κ3) is 2.44. The summed E-state index contributed by atoms with van der Waals surface area (Å²) in [4.78, 5) is 21.1. The van der Waals surface area contributed by atoms with Crippen LogP contribution in [0.1, 0.15) is 5.82 Å². The number of benzene rings is 1. The smallest absolute Gasteiger partial charge is 0.225 e. The summed E-state index contributed by atoms with van der Waals surface area (Å²) in [7, 11) is 3.71. The van der Waals surface area contributed by atoms with E-state index in [4.69, 9.17) is 4.98 Å². The quantitative estimate of drug-likeness (QED) is 0.790. The van der Waals surface area contributed by atoms with Crippen LogP contribution in [0.2, 0.25) is 0 Å². The molecule has 1 aromatic heterocycles. The molecule has 0 bridgehead atoms. The number of nitrogens with zero attached hydrogens (tertiary/aromatic N) is 4. The van der Waals surface area contributed by atoms with Crippen molar-refractivity contribution in [2.24, 2.45) is 17.8 Å². The maximum atomic E-state index is 12.1. The molecule has 1 saturated heterocycles. The molecule has 0 N–H and O–H groups in total. The molecule has 1 aromatic carbocycles. The lowest BCUT2D eigenvalue weighted by molar-refractivity contribution is -0.131. The Hall–Kier alpha value is -2.14. The molecule has 5 heteroatoms. The number of imidazole rings is 1. The largest absolute Gasteiger partial charge is 0.349 e. The van der Waals surface area contributed by atoms with Crippen molar-refractivity contribution in [1.29, 1.82) is 0 Å². The molecule has 5 nitrogen and oxygen atoms in total. The molecule has 4 rings (SSSR count). The van der Waals surface area contributed by atoms with E-state index in [0.29, 0.717) is 17.7 Å². The van der Waals surface area contributed by atoms with Crippen LogP contribution in [-0.4, -0.2) is 52.4 Å². The highest BCUT2D eigenvalue weighted by Gasteiger charge is 2.59. The van der Waals surface area contributed by atoms with Gasteiger partial charge in [0.25, 0.3) is 0 Å². The van der Waals surface area contributed by atoms with Gasteiger partial charge in [-0.05, 0) is 24.0 Å². The van der Waals surface area contributed by atoms with Crippen LogP contribution in [0.4, 0.5) is 0 Å². The van der Waals surface area contributed by atoms with E-state index < -0.39 is 0 Å². The van der Waals surface area contributed by atoms with Crippen LogP contribution in [0, 0.1) is 17.8 Å². The third-order valence-electron chi connectivity index (χ3n) is 5.41. The SMILES string of the molecule is C=CCn1c(CN2C[C@@H]3C(C(=O)N(C)C)[C@@H]3C2)nc2ccccc21. The maximum absolute atomic E-state index is 12.1. The van der Waals surface area contributed by atoms with Gasteiger partial charge in [0.1, 0.15) is 5.82 Å². The highest BCUT2D eigenvalue weighted by Crippen LogP contribution is 2.52. The minimum Gasteiger partial charge on any atom is -0.349 e. The first kappa shape index (κ1) is 15.4. The van der Waals surface area contributed by atoms with Gasteiger partial charge in [-0.15, -0.1) is 6.58 Å². The van der Waals surface area contributed by atoms with Gasteiger partial charge in [0.2, 0.25) is 5.91 Å². The normalized spacial score (nSPS) is 25.7. The lowest BCUT2D eigenvalue weighted by Gasteiger charge is -2.20. The van der Waals surface area contributed by atoms with E-state index in [-0.39, 0.29) is 5.92 Å². The van der Waals surface area contributed by atoms with Crippen molar-refractivity contribution < 1.29 is 4.79 Å². The molecule has 126 valence electrons. The van der Waals surface area contributed by atoms with Crippen molar-refractivity contribution >= 4 is 16.9 Å². The molecular formula is C19H24N4O. The zero-order valence-corrected chi connectivity index (χ0v) is 14.4. The molecule has 2 heterocycles. The van der Waals surface area contributed by atoms with E-state index in [1.54, 1.807) is 4.90 Å². The number of carbonyl (C=O) groups is 1. The van der Waals surface area contributed by atoms with E-state index in [1.807, 2.05) is 26.2 Å². The molecule has 0 spiro atoms. The molecule has 1 aliphatic carbocycles. The zero-order chi connectivity index (χ0) is 16.8. The number of piperidine rings is 1. The lowest BCUT2D eigenvalue weighted by Crippen LogP contribution is -2.31. The van der Waals surface area contributed by atoms with Gasteiger partial charge < -0.3 is 9.47 Å². The average molecular weight is 324 g/mol. The molecule has 1 amide bonds. The van der Waals surface area contributed by atoms with Crippen molar-refractivity contribution in [3.63, 3.8) is 0 Å². The summed E-state index contributed by atoms with van der Waals surface area (Å²) in [6.45, 7) is 7.51. The fraction of sp³-hybridized carbons (Fsp3) is 0.474. The first-order valence-corrected chi connectivity index (χ1v) is 8.58. The number of hydrogen-bond acceptors (Lipinski definition) is 3. The molecular weight excluding hydrogens is 300 g/mol. The summed E-state index contributed by atoms with van der Waals surface area (Å²) >= 11 is 0. The second-order valence-electron chi connectivity index (χ2n) is 7.20. The van der Waals surface area contributed by atoms with Gasteiger partial charge in [-0.25, -0.2) is 4.98 Å². The molecule has 2 aliphatic rings. The Morgan fingerprint density at radius 3 is 2.71 bits per heavy atom. The number of aromatic nitrogens is 2. The van der Waals surface area contributed by atoms with Crippen molar-refractivity contribution in [2.75, 3.05) is 27.2 Å². The topological polar surface area (TPSA) is 41.4 Å². The van der Waals surface area contributed by atoms with Crippen LogP contribution >= 0.6 is 0 Å². The second-order valence-corrected chi connectivity index (χ2v) is 7.20. The summed E-state index contributed by atoms with van der Waals surface area (Å²) in [5, 5.41) is 0. The van der Waals surface area contributed by atoms with Gasteiger partial charge in [-0.2, -0.15) is 0 Å². The molecule has 1 aliphatic heterocycles. The number of amides is 1. The Kier molecular flexibility index (Phi) is 3.68. The van der Waals surface area contributed by atoms with E-state index in [9.17, 15) is 4.79 Å². The number of likely N-dealkylation sites (tertiary alicyclic amines) is 1.